The highest BCUT2D eigenvalue weighted by molar-refractivity contribution is 5.87. The molecule has 0 spiro atoms. The highest BCUT2D eigenvalue weighted by Crippen LogP contribution is 2.39. The first-order valence-electron chi connectivity index (χ1n) is 9.03. The fourth-order valence-electron chi connectivity index (χ4n) is 3.91. The minimum Gasteiger partial charge on any atom is -0.356 e. The first kappa shape index (κ1) is 15.9. The summed E-state index contributed by atoms with van der Waals surface area (Å²) in [4.78, 5) is 18.5. The zero-order chi connectivity index (χ0) is 17.6. The topological polar surface area (TPSA) is 36.1 Å². The Morgan fingerprint density at radius 1 is 1.12 bits per heavy atom. The third-order valence-electron chi connectivity index (χ3n) is 5.20. The number of hydrogen-bond donors (Lipinski definition) is 1. The number of para-hydroxylation sites is 1. The molecule has 1 N–H and O–H groups in total. The van der Waals surface area contributed by atoms with Crippen molar-refractivity contribution in [2.24, 2.45) is 5.92 Å². The van der Waals surface area contributed by atoms with Crippen molar-refractivity contribution in [2.45, 2.75) is 33.2 Å². The van der Waals surface area contributed by atoms with Crippen LogP contribution >= 0.6 is 0 Å². The number of fused-ring (bicyclic) bond motifs is 3. The van der Waals surface area contributed by atoms with Crippen molar-refractivity contribution in [3.05, 3.63) is 70.9 Å². The smallest absolute Gasteiger partial charge is 0.225 e. The van der Waals surface area contributed by atoms with E-state index in [1.807, 2.05) is 18.7 Å². The minimum absolute atomic E-state index is 0.00104. The maximum atomic E-state index is 12.9. The number of carbonyl (C=O) groups excluding carboxylic acids is 1. The molecule has 0 aliphatic carbocycles. The number of carbonyl (C=O) groups is 1. The first-order valence-corrected chi connectivity index (χ1v) is 9.03. The average molecular weight is 332 g/mol. The summed E-state index contributed by atoms with van der Waals surface area (Å²) in [6, 6.07) is 17.0. The number of hydrogen-bond acceptors (Lipinski definition) is 1. The van der Waals surface area contributed by atoms with Gasteiger partial charge in [-0.05, 0) is 30.5 Å². The van der Waals surface area contributed by atoms with Crippen molar-refractivity contribution in [1.29, 1.82) is 0 Å². The molecule has 2 aromatic carbocycles. The van der Waals surface area contributed by atoms with Crippen LogP contribution in [0.1, 0.15) is 42.3 Å². The SMILES string of the molecule is Cc1ccc(C2c3[nH]c4ccccc4c3CCN2C(=O)C(C)C)cc1. The highest BCUT2D eigenvalue weighted by Gasteiger charge is 2.35. The predicted molar refractivity (Wildman–Crippen MR) is 102 cm³/mol. The van der Waals surface area contributed by atoms with E-state index in [-0.39, 0.29) is 17.9 Å². The summed E-state index contributed by atoms with van der Waals surface area (Å²) in [6.45, 7) is 6.82. The molecular weight excluding hydrogens is 308 g/mol. The van der Waals surface area contributed by atoms with Gasteiger partial charge in [-0.2, -0.15) is 0 Å². The molecule has 1 aliphatic rings. The van der Waals surface area contributed by atoms with Crippen LogP contribution in [-0.4, -0.2) is 22.3 Å². The van der Waals surface area contributed by atoms with E-state index in [1.165, 1.54) is 27.8 Å². The van der Waals surface area contributed by atoms with Crippen LogP contribution in [0.2, 0.25) is 0 Å². The van der Waals surface area contributed by atoms with E-state index in [0.29, 0.717) is 0 Å². The zero-order valence-corrected chi connectivity index (χ0v) is 15.0. The number of benzene rings is 2. The highest BCUT2D eigenvalue weighted by atomic mass is 16.2. The minimum atomic E-state index is -0.0355. The summed E-state index contributed by atoms with van der Waals surface area (Å²) in [7, 11) is 0. The number of H-pyrrole nitrogens is 1. The fourth-order valence-corrected chi connectivity index (χ4v) is 3.91. The summed E-state index contributed by atoms with van der Waals surface area (Å²) < 4.78 is 0. The monoisotopic (exact) mass is 332 g/mol. The summed E-state index contributed by atoms with van der Waals surface area (Å²) in [6.07, 6.45) is 0.903. The molecular formula is C22H24N2O. The van der Waals surface area contributed by atoms with Gasteiger partial charge in [0.15, 0.2) is 0 Å². The van der Waals surface area contributed by atoms with E-state index >= 15 is 0 Å². The van der Waals surface area contributed by atoms with Crippen molar-refractivity contribution < 1.29 is 4.79 Å². The Bertz CT molecular complexity index is 921. The molecule has 1 unspecified atom stereocenters. The molecule has 3 nitrogen and oxygen atoms in total. The molecule has 0 saturated heterocycles. The third kappa shape index (κ3) is 2.64. The van der Waals surface area contributed by atoms with Crippen LogP contribution in [-0.2, 0) is 11.2 Å². The van der Waals surface area contributed by atoms with Gasteiger partial charge in [0.1, 0.15) is 0 Å². The summed E-state index contributed by atoms with van der Waals surface area (Å²) in [5, 5.41) is 1.28. The summed E-state index contributed by atoms with van der Waals surface area (Å²) in [5.74, 6) is 0.216. The number of aromatic amines is 1. The van der Waals surface area contributed by atoms with Crippen molar-refractivity contribution in [2.75, 3.05) is 6.54 Å². The number of aromatic nitrogens is 1. The van der Waals surface area contributed by atoms with E-state index in [2.05, 4.69) is 60.4 Å². The second-order valence-corrected chi connectivity index (χ2v) is 7.31. The standard InChI is InChI=1S/C22H24N2O/c1-14(2)22(25)24-13-12-18-17-6-4-5-7-19(17)23-20(18)21(24)16-10-8-15(3)9-11-16/h4-11,14,21,23H,12-13H2,1-3H3. The Morgan fingerprint density at radius 2 is 1.84 bits per heavy atom. The lowest BCUT2D eigenvalue weighted by Crippen LogP contribution is -2.42. The fraction of sp³-hybridized carbons (Fsp3) is 0.318. The number of nitrogens with one attached hydrogen (secondary N) is 1. The van der Waals surface area contributed by atoms with E-state index in [4.69, 9.17) is 0 Å². The van der Waals surface area contributed by atoms with Gasteiger partial charge in [0.25, 0.3) is 0 Å². The van der Waals surface area contributed by atoms with Crippen LogP contribution < -0.4 is 0 Å². The lowest BCUT2D eigenvalue weighted by molar-refractivity contribution is -0.136. The molecule has 4 rings (SSSR count). The Hall–Kier alpha value is -2.55. The second-order valence-electron chi connectivity index (χ2n) is 7.31. The van der Waals surface area contributed by atoms with Crippen LogP contribution in [0.25, 0.3) is 10.9 Å². The molecule has 1 aliphatic heterocycles. The normalized spacial score (nSPS) is 17.1. The molecule has 1 atom stereocenters. The van der Waals surface area contributed by atoms with Crippen LogP contribution in [0.5, 0.6) is 0 Å². The zero-order valence-electron chi connectivity index (χ0n) is 15.0. The van der Waals surface area contributed by atoms with Gasteiger partial charge in [0, 0.05) is 29.1 Å². The number of aryl methyl sites for hydroxylation is 1. The third-order valence-corrected chi connectivity index (χ3v) is 5.20. The van der Waals surface area contributed by atoms with Crippen LogP contribution in [0.15, 0.2) is 48.5 Å². The molecule has 2 heterocycles. The van der Waals surface area contributed by atoms with Crippen molar-refractivity contribution in [1.82, 2.24) is 9.88 Å². The quantitative estimate of drug-likeness (QED) is 0.731. The number of nitrogens with zero attached hydrogens (tertiary/aromatic N) is 1. The molecule has 1 aromatic heterocycles. The lowest BCUT2D eigenvalue weighted by atomic mass is 9.91. The largest absolute Gasteiger partial charge is 0.356 e. The predicted octanol–water partition coefficient (Wildman–Crippen LogP) is 4.61. The first-order chi connectivity index (χ1) is 12.1. The van der Waals surface area contributed by atoms with Gasteiger partial charge in [-0.25, -0.2) is 0 Å². The molecule has 3 heteroatoms. The van der Waals surface area contributed by atoms with E-state index in [1.54, 1.807) is 0 Å². The molecule has 0 saturated carbocycles. The van der Waals surface area contributed by atoms with E-state index in [9.17, 15) is 4.79 Å². The van der Waals surface area contributed by atoms with Gasteiger partial charge in [-0.15, -0.1) is 0 Å². The van der Waals surface area contributed by atoms with Gasteiger partial charge >= 0.3 is 0 Å². The van der Waals surface area contributed by atoms with Crippen LogP contribution in [0.4, 0.5) is 0 Å². The molecule has 3 aromatic rings. The van der Waals surface area contributed by atoms with Crippen LogP contribution in [0, 0.1) is 12.8 Å². The Labute approximate surface area is 148 Å². The lowest BCUT2D eigenvalue weighted by Gasteiger charge is -2.37. The Morgan fingerprint density at radius 3 is 2.56 bits per heavy atom. The van der Waals surface area contributed by atoms with Crippen molar-refractivity contribution in [3.8, 4) is 0 Å². The van der Waals surface area contributed by atoms with E-state index in [0.717, 1.165) is 18.5 Å². The van der Waals surface area contributed by atoms with Crippen molar-refractivity contribution >= 4 is 16.8 Å². The number of amides is 1. The van der Waals surface area contributed by atoms with Crippen molar-refractivity contribution in [3.63, 3.8) is 0 Å². The van der Waals surface area contributed by atoms with Gasteiger partial charge in [-0.1, -0.05) is 61.9 Å². The number of rotatable bonds is 2. The summed E-state index contributed by atoms with van der Waals surface area (Å²) in [5.41, 5.74) is 6.09. The second kappa shape index (κ2) is 6.07. The maximum absolute atomic E-state index is 12.9. The molecule has 128 valence electrons. The van der Waals surface area contributed by atoms with Gasteiger partial charge in [0.05, 0.1) is 6.04 Å². The van der Waals surface area contributed by atoms with Gasteiger partial charge < -0.3 is 9.88 Å². The average Bonchev–Trinajstić information content (AvgIpc) is 2.99. The molecule has 1 amide bonds. The molecule has 25 heavy (non-hydrogen) atoms. The van der Waals surface area contributed by atoms with Gasteiger partial charge in [0.2, 0.25) is 5.91 Å². The van der Waals surface area contributed by atoms with Gasteiger partial charge in [-0.3, -0.25) is 4.79 Å². The molecule has 0 fully saturated rings. The Balaban J connectivity index is 1.90. The molecule has 0 bridgehead atoms. The maximum Gasteiger partial charge on any atom is 0.225 e. The summed E-state index contributed by atoms with van der Waals surface area (Å²) >= 11 is 0. The van der Waals surface area contributed by atoms with E-state index < -0.39 is 0 Å². The molecule has 0 radical (unpaired) electrons. The Kier molecular flexibility index (Phi) is 3.87. The van der Waals surface area contributed by atoms with Crippen LogP contribution in [0.3, 0.4) is 0 Å².